The van der Waals surface area contributed by atoms with E-state index in [9.17, 15) is 9.90 Å². The third-order valence-corrected chi connectivity index (χ3v) is 2.91. The summed E-state index contributed by atoms with van der Waals surface area (Å²) in [7, 11) is 1.15. The summed E-state index contributed by atoms with van der Waals surface area (Å²) in [5.74, 6) is -1.66. The van der Waals surface area contributed by atoms with Crippen LogP contribution in [-0.2, 0) is 9.53 Å². The highest BCUT2D eigenvalue weighted by Crippen LogP contribution is 2.30. The zero-order chi connectivity index (χ0) is 15.0. The molecule has 1 aromatic carbocycles. The van der Waals surface area contributed by atoms with E-state index in [1.807, 2.05) is 30.3 Å². The normalized spacial score (nSPS) is 12.8. The molecule has 1 atom stereocenters. The van der Waals surface area contributed by atoms with Crippen molar-refractivity contribution in [3.05, 3.63) is 65.0 Å². The summed E-state index contributed by atoms with van der Waals surface area (Å²) in [6, 6.07) is 9.17. The van der Waals surface area contributed by atoms with E-state index in [0.717, 1.165) is 12.7 Å². The minimum absolute atomic E-state index is 0.313. The fraction of sp³-hybridized carbons (Fsp3) is 0.267. The van der Waals surface area contributed by atoms with Gasteiger partial charge in [0.25, 0.3) is 0 Å². The maximum Gasteiger partial charge on any atom is 0.505 e. The van der Waals surface area contributed by atoms with Crippen LogP contribution in [-0.4, -0.2) is 18.2 Å². The Morgan fingerprint density at radius 3 is 2.65 bits per heavy atom. The minimum atomic E-state index is -0.885. The number of benzene rings is 1. The van der Waals surface area contributed by atoms with E-state index in [-0.39, 0.29) is 5.76 Å². The Bertz CT molecular complexity index is 544. The first-order valence-electron chi connectivity index (χ1n) is 6.18. The average Bonchev–Trinajstić information content (AvgIpc) is 2.49. The fourth-order valence-electron chi connectivity index (χ4n) is 1.89. The molecule has 0 radical (unpaired) electrons. The van der Waals surface area contributed by atoms with Crippen LogP contribution >= 0.6 is 0 Å². The highest BCUT2D eigenvalue weighted by atomic mass is 16.5. The predicted molar refractivity (Wildman–Crippen MR) is 75.4 cm³/mol. The lowest BCUT2D eigenvalue weighted by molar-refractivity contribution is -0.136. The van der Waals surface area contributed by atoms with Gasteiger partial charge in [0.1, 0.15) is 0 Å². The van der Waals surface area contributed by atoms with Crippen molar-refractivity contribution in [1.29, 1.82) is 5.39 Å². The highest BCUT2D eigenvalue weighted by molar-refractivity contribution is 5.90. The van der Waals surface area contributed by atoms with Gasteiger partial charge in [-0.25, -0.2) is 4.79 Å². The molecule has 20 heavy (non-hydrogen) atoms. The molecular formula is C15H17N2O3+. The first kappa shape index (κ1) is 15.4. The number of ether oxygens (including phenoxy) is 1. The first-order valence-corrected chi connectivity index (χ1v) is 6.18. The van der Waals surface area contributed by atoms with Gasteiger partial charge in [-0.2, -0.15) is 0 Å². The molecule has 1 rings (SSSR count). The van der Waals surface area contributed by atoms with Gasteiger partial charge in [0.15, 0.2) is 4.98 Å². The third-order valence-electron chi connectivity index (χ3n) is 2.91. The summed E-state index contributed by atoms with van der Waals surface area (Å²) in [5, 5.41) is 19.1. The Morgan fingerprint density at radius 2 is 2.15 bits per heavy atom. The number of hydrogen-bond acceptors (Lipinski definition) is 4. The molecule has 0 saturated heterocycles. The summed E-state index contributed by atoms with van der Waals surface area (Å²) in [6.07, 6.45) is 2.90. The Morgan fingerprint density at radius 1 is 1.50 bits per heavy atom. The topological polar surface area (TPSA) is 74.7 Å². The van der Waals surface area contributed by atoms with E-state index in [1.54, 1.807) is 6.08 Å². The van der Waals surface area contributed by atoms with Crippen molar-refractivity contribution in [1.82, 2.24) is 0 Å². The fourth-order valence-corrected chi connectivity index (χ4v) is 1.89. The van der Waals surface area contributed by atoms with Crippen LogP contribution in [0.3, 0.4) is 0 Å². The number of aliphatic hydroxyl groups is 1. The summed E-state index contributed by atoms with van der Waals surface area (Å²) < 4.78 is 4.48. The van der Waals surface area contributed by atoms with Crippen LogP contribution in [0.15, 0.2) is 54.4 Å². The van der Waals surface area contributed by atoms with E-state index >= 15 is 0 Å². The second kappa shape index (κ2) is 7.74. The van der Waals surface area contributed by atoms with Crippen molar-refractivity contribution in [2.75, 3.05) is 7.11 Å². The van der Waals surface area contributed by atoms with Gasteiger partial charge in [0.05, 0.1) is 13.0 Å². The largest absolute Gasteiger partial charge is 0.505 e. The molecule has 104 valence electrons. The van der Waals surface area contributed by atoms with Crippen LogP contribution in [0.1, 0.15) is 24.3 Å². The molecule has 0 heterocycles. The minimum Gasteiger partial charge on any atom is -0.504 e. The van der Waals surface area contributed by atoms with Crippen molar-refractivity contribution in [2.45, 2.75) is 18.8 Å². The van der Waals surface area contributed by atoms with Gasteiger partial charge in [0.2, 0.25) is 11.2 Å². The molecule has 0 aromatic heterocycles. The lowest BCUT2D eigenvalue weighted by Gasteiger charge is -2.14. The van der Waals surface area contributed by atoms with Gasteiger partial charge < -0.3 is 9.84 Å². The van der Waals surface area contributed by atoms with Crippen molar-refractivity contribution >= 4 is 5.97 Å². The van der Waals surface area contributed by atoms with E-state index in [2.05, 4.69) is 16.3 Å². The number of nitrogens with zero attached hydrogens (tertiary/aromatic N) is 2. The first-order chi connectivity index (χ1) is 9.65. The molecule has 0 spiro atoms. The van der Waals surface area contributed by atoms with Gasteiger partial charge in [0, 0.05) is 0 Å². The molecule has 1 unspecified atom stereocenters. The number of esters is 1. The Balaban J connectivity index is 3.23. The number of carbonyl (C=O) groups excluding carboxylic acids is 1. The zero-order valence-electron chi connectivity index (χ0n) is 11.3. The standard InChI is InChI=1S/C15H16N2O3/c1-3-4-10-12(11-8-6-5-7-9-11)14(18)13(17-16)15(19)20-2/h3,5-9,12H,1,4,10H2,2H3/p+1. The monoisotopic (exact) mass is 273 g/mol. The molecule has 5 heteroatoms. The van der Waals surface area contributed by atoms with Crippen molar-refractivity contribution in [3.8, 4) is 0 Å². The molecule has 0 aliphatic heterocycles. The van der Waals surface area contributed by atoms with E-state index in [0.29, 0.717) is 12.8 Å². The Kier molecular flexibility index (Phi) is 5.98. The number of carbonyl (C=O) groups is 1. The lowest BCUT2D eigenvalue weighted by Crippen LogP contribution is -2.11. The number of hydrogen-bond donors (Lipinski definition) is 1. The van der Waals surface area contributed by atoms with E-state index < -0.39 is 17.6 Å². The molecule has 0 saturated carbocycles. The van der Waals surface area contributed by atoms with Gasteiger partial charge in [-0.15, -0.1) is 6.58 Å². The molecule has 0 amide bonds. The number of methoxy groups -OCH3 is 1. The third kappa shape index (κ3) is 3.69. The molecule has 0 bridgehead atoms. The average molecular weight is 273 g/mol. The van der Waals surface area contributed by atoms with Crippen LogP contribution in [0.25, 0.3) is 4.98 Å². The molecule has 5 nitrogen and oxygen atoms in total. The van der Waals surface area contributed by atoms with Crippen molar-refractivity contribution in [3.63, 3.8) is 0 Å². The number of aliphatic hydroxyl groups excluding tert-OH is 1. The second-order valence-corrected chi connectivity index (χ2v) is 4.15. The van der Waals surface area contributed by atoms with Crippen LogP contribution in [0.5, 0.6) is 0 Å². The molecule has 1 N–H and O–H groups in total. The summed E-state index contributed by atoms with van der Waals surface area (Å²) >= 11 is 0. The van der Waals surface area contributed by atoms with Crippen molar-refractivity contribution in [2.24, 2.45) is 0 Å². The smallest absolute Gasteiger partial charge is 0.504 e. The van der Waals surface area contributed by atoms with Gasteiger partial charge >= 0.3 is 11.7 Å². The van der Waals surface area contributed by atoms with Crippen LogP contribution < -0.4 is 0 Å². The number of diazo groups is 1. The van der Waals surface area contributed by atoms with Gasteiger partial charge in [-0.3, -0.25) is 0 Å². The number of rotatable bonds is 6. The van der Waals surface area contributed by atoms with Gasteiger partial charge in [-0.05, 0) is 18.4 Å². The molecule has 1 aromatic rings. The van der Waals surface area contributed by atoms with Crippen LogP contribution in [0.4, 0.5) is 0 Å². The zero-order valence-corrected chi connectivity index (χ0v) is 11.3. The maximum absolute atomic E-state index is 11.5. The SMILES string of the molecule is C=CCCC(/C(O)=C(\[N+]#N)C(=O)OC)c1ccccc1. The summed E-state index contributed by atoms with van der Waals surface area (Å²) in [5.41, 5.74) is 0.335. The quantitative estimate of drug-likeness (QED) is 0.283. The summed E-state index contributed by atoms with van der Waals surface area (Å²) in [6.45, 7) is 3.64. The Labute approximate surface area is 117 Å². The predicted octanol–water partition coefficient (Wildman–Crippen LogP) is 3.53. The second-order valence-electron chi connectivity index (χ2n) is 4.15. The number of allylic oxidation sites excluding steroid dienone is 2. The molecule has 0 fully saturated rings. The molecule has 0 aliphatic carbocycles. The maximum atomic E-state index is 11.5. The summed E-state index contributed by atoms with van der Waals surface area (Å²) in [4.78, 5) is 14.3. The van der Waals surface area contributed by atoms with Crippen LogP contribution in [0.2, 0.25) is 0 Å². The van der Waals surface area contributed by atoms with E-state index in [1.165, 1.54) is 0 Å². The molecular weight excluding hydrogens is 256 g/mol. The lowest BCUT2D eigenvalue weighted by atomic mass is 9.91. The van der Waals surface area contributed by atoms with Crippen LogP contribution in [0, 0.1) is 5.39 Å². The van der Waals surface area contributed by atoms with Crippen molar-refractivity contribution < 1.29 is 14.6 Å². The highest BCUT2D eigenvalue weighted by Gasteiger charge is 2.34. The van der Waals surface area contributed by atoms with E-state index in [4.69, 9.17) is 5.39 Å². The molecule has 0 aliphatic rings. The Hall–Kier alpha value is -2.61. The van der Waals surface area contributed by atoms with Gasteiger partial charge in [-0.1, -0.05) is 36.4 Å².